The first-order valence-electron chi connectivity index (χ1n) is 11.0. The number of carbonyl (C=O) groups excluding carboxylic acids is 1. The largest absolute Gasteiger partial charge is 0.352 e. The third-order valence-electron chi connectivity index (χ3n) is 5.96. The van der Waals surface area contributed by atoms with Gasteiger partial charge in [0.1, 0.15) is 0 Å². The second kappa shape index (κ2) is 10.1. The summed E-state index contributed by atoms with van der Waals surface area (Å²) in [5.41, 5.74) is 1.80. The van der Waals surface area contributed by atoms with Crippen molar-refractivity contribution in [2.45, 2.75) is 50.1 Å². The van der Waals surface area contributed by atoms with Crippen LogP contribution in [0, 0.1) is 0 Å². The molecule has 0 bridgehead atoms. The van der Waals surface area contributed by atoms with Crippen molar-refractivity contribution < 1.29 is 13.2 Å². The average molecular weight is 474 g/mol. The van der Waals surface area contributed by atoms with Crippen molar-refractivity contribution in [2.75, 3.05) is 13.1 Å². The molecule has 1 saturated heterocycles. The monoisotopic (exact) mass is 473 g/mol. The molecule has 1 amide bonds. The molecule has 0 aliphatic carbocycles. The summed E-state index contributed by atoms with van der Waals surface area (Å²) in [4.78, 5) is 12.6. The first-order chi connectivity index (χ1) is 15.4. The van der Waals surface area contributed by atoms with E-state index in [-0.39, 0.29) is 5.91 Å². The highest BCUT2D eigenvalue weighted by molar-refractivity contribution is 7.89. The summed E-state index contributed by atoms with van der Waals surface area (Å²) in [5, 5.41) is 4.39. The van der Waals surface area contributed by atoms with Crippen molar-refractivity contribution in [1.82, 2.24) is 14.2 Å². The Morgan fingerprint density at radius 3 is 2.50 bits per heavy atom. The van der Waals surface area contributed by atoms with Gasteiger partial charge in [-0.2, -0.15) is 4.31 Å². The van der Waals surface area contributed by atoms with Gasteiger partial charge in [0.15, 0.2) is 0 Å². The second-order valence-corrected chi connectivity index (χ2v) is 10.5. The summed E-state index contributed by atoms with van der Waals surface area (Å²) in [6.45, 7) is 2.08. The SMILES string of the molecule is O=C(CCn1ccc2cc(S(=O)(=O)N3CCCCCC3)ccc21)NCc1ccccc1Cl. The lowest BCUT2D eigenvalue weighted by atomic mass is 10.2. The summed E-state index contributed by atoms with van der Waals surface area (Å²) in [6, 6.07) is 14.6. The molecule has 0 radical (unpaired) electrons. The molecular weight excluding hydrogens is 446 g/mol. The number of halogens is 1. The molecule has 8 heteroatoms. The van der Waals surface area contributed by atoms with Gasteiger partial charge in [0.2, 0.25) is 15.9 Å². The van der Waals surface area contributed by atoms with E-state index in [1.165, 1.54) is 0 Å². The number of fused-ring (bicyclic) bond motifs is 1. The zero-order chi connectivity index (χ0) is 22.6. The van der Waals surface area contributed by atoms with Crippen molar-refractivity contribution in [3.8, 4) is 0 Å². The third-order valence-corrected chi connectivity index (χ3v) is 8.22. The minimum absolute atomic E-state index is 0.0628. The summed E-state index contributed by atoms with van der Waals surface area (Å²) in [5.74, 6) is -0.0628. The van der Waals surface area contributed by atoms with Gasteiger partial charge in [-0.15, -0.1) is 0 Å². The van der Waals surface area contributed by atoms with Crippen LogP contribution in [0.15, 0.2) is 59.6 Å². The first kappa shape index (κ1) is 22.8. The molecule has 3 aromatic rings. The van der Waals surface area contributed by atoms with Crippen LogP contribution in [-0.2, 0) is 27.9 Å². The van der Waals surface area contributed by atoms with Gasteiger partial charge in [-0.3, -0.25) is 4.79 Å². The number of amides is 1. The maximum absolute atomic E-state index is 13.1. The Balaban J connectivity index is 1.40. The zero-order valence-corrected chi connectivity index (χ0v) is 19.5. The Bertz CT molecular complexity index is 1200. The normalized spacial score (nSPS) is 15.5. The van der Waals surface area contributed by atoms with Crippen molar-refractivity contribution in [1.29, 1.82) is 0 Å². The lowest BCUT2D eigenvalue weighted by Gasteiger charge is -2.20. The number of nitrogens with zero attached hydrogens (tertiary/aromatic N) is 2. The van der Waals surface area contributed by atoms with Gasteiger partial charge in [0.25, 0.3) is 0 Å². The van der Waals surface area contributed by atoms with Gasteiger partial charge in [-0.05, 0) is 48.7 Å². The van der Waals surface area contributed by atoms with Gasteiger partial charge in [-0.25, -0.2) is 8.42 Å². The van der Waals surface area contributed by atoms with Crippen LogP contribution in [0.5, 0.6) is 0 Å². The van der Waals surface area contributed by atoms with Crippen LogP contribution < -0.4 is 5.32 Å². The van der Waals surface area contributed by atoms with E-state index in [9.17, 15) is 13.2 Å². The molecule has 1 aliphatic heterocycles. The molecule has 32 heavy (non-hydrogen) atoms. The van der Waals surface area contributed by atoms with E-state index in [2.05, 4.69) is 5.32 Å². The van der Waals surface area contributed by atoms with Crippen LogP contribution >= 0.6 is 11.6 Å². The predicted octanol–water partition coefficient (Wildman–Crippen LogP) is 4.57. The highest BCUT2D eigenvalue weighted by Crippen LogP contribution is 2.25. The van der Waals surface area contributed by atoms with Gasteiger partial charge in [0, 0.05) is 54.7 Å². The summed E-state index contributed by atoms with van der Waals surface area (Å²) >= 11 is 6.13. The standard InChI is InChI=1S/C24H28ClN3O3S/c25-22-8-4-3-7-20(22)18-26-24(29)12-16-27-15-11-19-17-21(9-10-23(19)27)32(30,31)28-13-5-1-2-6-14-28/h3-4,7-11,15,17H,1-2,5-6,12-14,16,18H2,(H,26,29). The number of carbonyl (C=O) groups is 1. The number of rotatable bonds is 7. The average Bonchev–Trinajstić information content (AvgIpc) is 2.99. The second-order valence-electron chi connectivity index (χ2n) is 8.17. The Labute approximate surface area is 194 Å². The minimum Gasteiger partial charge on any atom is -0.352 e. The van der Waals surface area contributed by atoms with E-state index >= 15 is 0 Å². The quantitative estimate of drug-likeness (QED) is 0.546. The Hall–Kier alpha value is -2.35. The van der Waals surface area contributed by atoms with E-state index in [0.717, 1.165) is 42.1 Å². The molecule has 0 spiro atoms. The molecule has 0 unspecified atom stereocenters. The fraction of sp³-hybridized carbons (Fsp3) is 0.375. The summed E-state index contributed by atoms with van der Waals surface area (Å²) in [7, 11) is -3.48. The topological polar surface area (TPSA) is 71.4 Å². The van der Waals surface area contributed by atoms with Gasteiger partial charge in [-0.1, -0.05) is 42.6 Å². The van der Waals surface area contributed by atoms with Crippen LogP contribution in [0.2, 0.25) is 5.02 Å². The van der Waals surface area contributed by atoms with E-state index in [1.807, 2.05) is 41.1 Å². The third kappa shape index (κ3) is 5.17. The lowest BCUT2D eigenvalue weighted by molar-refractivity contribution is -0.121. The van der Waals surface area contributed by atoms with Gasteiger partial charge in [0.05, 0.1) is 4.90 Å². The number of nitrogens with one attached hydrogen (secondary N) is 1. The molecule has 0 saturated carbocycles. The van der Waals surface area contributed by atoms with Crippen LogP contribution in [0.3, 0.4) is 0 Å². The van der Waals surface area contributed by atoms with E-state index < -0.39 is 10.0 Å². The van der Waals surface area contributed by atoms with E-state index in [4.69, 9.17) is 11.6 Å². The molecule has 2 heterocycles. The van der Waals surface area contributed by atoms with Crippen molar-refractivity contribution in [3.63, 3.8) is 0 Å². The number of aromatic nitrogens is 1. The molecule has 1 aliphatic rings. The van der Waals surface area contributed by atoms with Gasteiger partial charge >= 0.3 is 0 Å². The molecular formula is C24H28ClN3O3S. The number of hydrogen-bond donors (Lipinski definition) is 1. The Morgan fingerprint density at radius 2 is 1.75 bits per heavy atom. The van der Waals surface area contributed by atoms with Crippen LogP contribution in [0.25, 0.3) is 10.9 Å². The maximum Gasteiger partial charge on any atom is 0.243 e. The minimum atomic E-state index is -3.48. The number of hydrogen-bond acceptors (Lipinski definition) is 3. The molecule has 1 N–H and O–H groups in total. The van der Waals surface area contributed by atoms with Crippen LogP contribution in [0.4, 0.5) is 0 Å². The molecule has 170 valence electrons. The van der Waals surface area contributed by atoms with Crippen LogP contribution in [-0.4, -0.2) is 36.3 Å². The van der Waals surface area contributed by atoms with E-state index in [0.29, 0.717) is 42.5 Å². The smallest absolute Gasteiger partial charge is 0.243 e. The Morgan fingerprint density at radius 1 is 1.00 bits per heavy atom. The highest BCUT2D eigenvalue weighted by atomic mass is 35.5. The van der Waals surface area contributed by atoms with Crippen LogP contribution in [0.1, 0.15) is 37.7 Å². The summed E-state index contributed by atoms with van der Waals surface area (Å²) < 4.78 is 29.7. The fourth-order valence-corrected chi connectivity index (χ4v) is 5.87. The molecule has 2 aromatic carbocycles. The Kier molecular flexibility index (Phi) is 7.18. The zero-order valence-electron chi connectivity index (χ0n) is 18.0. The molecule has 0 atom stereocenters. The molecule has 1 aromatic heterocycles. The summed E-state index contributed by atoms with van der Waals surface area (Å²) in [6.07, 6.45) is 6.21. The van der Waals surface area contributed by atoms with E-state index in [1.54, 1.807) is 22.5 Å². The predicted molar refractivity (Wildman–Crippen MR) is 127 cm³/mol. The van der Waals surface area contributed by atoms with Crippen molar-refractivity contribution in [2.24, 2.45) is 0 Å². The first-order valence-corrected chi connectivity index (χ1v) is 12.9. The molecule has 6 nitrogen and oxygen atoms in total. The van der Waals surface area contributed by atoms with Crippen molar-refractivity contribution in [3.05, 3.63) is 65.3 Å². The lowest BCUT2D eigenvalue weighted by Crippen LogP contribution is -2.31. The number of benzene rings is 2. The maximum atomic E-state index is 13.1. The van der Waals surface area contributed by atoms with Gasteiger partial charge < -0.3 is 9.88 Å². The highest BCUT2D eigenvalue weighted by Gasteiger charge is 2.25. The number of sulfonamides is 1. The number of aryl methyl sites for hydroxylation is 1. The fourth-order valence-electron chi connectivity index (χ4n) is 4.11. The molecule has 1 fully saturated rings. The molecule has 4 rings (SSSR count). The van der Waals surface area contributed by atoms with Crippen molar-refractivity contribution >= 4 is 38.4 Å².